The zero-order valence-corrected chi connectivity index (χ0v) is 37.3. The number of hydrogen-bond acceptors (Lipinski definition) is 2. The van der Waals surface area contributed by atoms with Crippen LogP contribution in [0.25, 0.3) is 44.5 Å². The molecule has 6 nitrogen and oxygen atoms in total. The minimum absolute atomic E-state index is 0.692. The van der Waals surface area contributed by atoms with E-state index in [-0.39, 0.29) is 0 Å². The minimum atomic E-state index is 0.692. The molecule has 0 bridgehead atoms. The zero-order valence-electron chi connectivity index (χ0n) is 37.3. The molecule has 0 saturated carbocycles. The summed E-state index contributed by atoms with van der Waals surface area (Å²) in [4.78, 5) is 0. The highest BCUT2D eigenvalue weighted by molar-refractivity contribution is 5.83. The van der Waals surface area contributed by atoms with Gasteiger partial charge in [0.05, 0.1) is 40.4 Å². The second kappa shape index (κ2) is 23.9. The lowest BCUT2D eigenvalue weighted by Gasteiger charge is -2.19. The molecule has 0 aliphatic rings. The monoisotopic (exact) mass is 829 g/mol. The van der Waals surface area contributed by atoms with Crippen LogP contribution >= 0.6 is 0 Å². The van der Waals surface area contributed by atoms with Crippen LogP contribution < -0.4 is 18.6 Å². The molecule has 0 fully saturated rings. The molecule has 6 heteroatoms. The van der Waals surface area contributed by atoms with E-state index in [0.717, 1.165) is 59.7 Å². The van der Waals surface area contributed by atoms with E-state index in [9.17, 15) is 0 Å². The molecule has 7 aromatic rings. The summed E-state index contributed by atoms with van der Waals surface area (Å²) in [7, 11) is 4.16. The number of hydrogen-bond donors (Lipinski definition) is 0. The van der Waals surface area contributed by atoms with Gasteiger partial charge in [-0.15, -0.1) is 0 Å². The van der Waals surface area contributed by atoms with Gasteiger partial charge < -0.3 is 9.47 Å². The van der Waals surface area contributed by atoms with Crippen LogP contribution in [0, 0.1) is 0 Å². The molecule has 2 aromatic heterocycles. The smallest absolute Gasteiger partial charge is 0.243 e. The van der Waals surface area contributed by atoms with E-state index in [1.807, 2.05) is 0 Å². The summed E-state index contributed by atoms with van der Waals surface area (Å²) < 4.78 is 22.3. The van der Waals surface area contributed by atoms with Crippen LogP contribution in [0.3, 0.4) is 0 Å². The Balaban J connectivity index is 1.01. The number of nitrogens with zero attached hydrogens (tertiary/aromatic N) is 4. The van der Waals surface area contributed by atoms with Crippen LogP contribution in [0.2, 0.25) is 0 Å². The number of unbranched alkanes of at least 4 members (excludes halogenated alkanes) is 12. The molecule has 2 heterocycles. The lowest BCUT2D eigenvalue weighted by molar-refractivity contribution is -0.671. The van der Waals surface area contributed by atoms with E-state index in [1.54, 1.807) is 0 Å². The van der Waals surface area contributed by atoms with E-state index in [4.69, 9.17) is 9.47 Å². The van der Waals surface area contributed by atoms with Crippen molar-refractivity contribution < 1.29 is 18.6 Å². The molecule has 5 aromatic carbocycles. The van der Waals surface area contributed by atoms with Gasteiger partial charge in [-0.2, -0.15) is 0 Å². The van der Waals surface area contributed by atoms with Crippen molar-refractivity contribution in [1.29, 1.82) is 0 Å². The zero-order chi connectivity index (χ0) is 42.6. The van der Waals surface area contributed by atoms with Crippen molar-refractivity contribution in [3.8, 4) is 56.0 Å². The van der Waals surface area contributed by atoms with Crippen molar-refractivity contribution in [2.75, 3.05) is 13.2 Å². The molecule has 0 atom stereocenters. The summed E-state index contributed by atoms with van der Waals surface area (Å²) >= 11 is 0. The predicted octanol–water partition coefficient (Wildman–Crippen LogP) is 13.2. The van der Waals surface area contributed by atoms with Crippen LogP contribution in [0.15, 0.2) is 159 Å². The molecule has 62 heavy (non-hydrogen) atoms. The summed E-state index contributed by atoms with van der Waals surface area (Å²) in [6.45, 7) is 3.59. The van der Waals surface area contributed by atoms with Crippen LogP contribution in [0.5, 0.6) is 11.5 Å². The third-order valence-electron chi connectivity index (χ3n) is 12.0. The van der Waals surface area contributed by atoms with Gasteiger partial charge in [-0.25, -0.2) is 18.3 Å². The van der Waals surface area contributed by atoms with Crippen molar-refractivity contribution in [1.82, 2.24) is 9.13 Å². The van der Waals surface area contributed by atoms with Crippen LogP contribution in [-0.4, -0.2) is 22.3 Å². The third kappa shape index (κ3) is 13.6. The number of ether oxygens (including phenoxy) is 2. The predicted molar refractivity (Wildman–Crippen MR) is 255 cm³/mol. The average molecular weight is 829 g/mol. The summed E-state index contributed by atoms with van der Waals surface area (Å²) in [6, 6.07) is 43.5. The molecule has 0 aliphatic carbocycles. The van der Waals surface area contributed by atoms with Gasteiger partial charge >= 0.3 is 0 Å². The molecule has 0 unspecified atom stereocenters. The molecule has 0 radical (unpaired) electrons. The van der Waals surface area contributed by atoms with E-state index < -0.39 is 0 Å². The fourth-order valence-corrected chi connectivity index (χ4v) is 8.39. The second-order valence-corrected chi connectivity index (χ2v) is 17.0. The fourth-order valence-electron chi connectivity index (χ4n) is 8.39. The lowest BCUT2D eigenvalue weighted by Crippen LogP contribution is -2.23. The normalized spacial score (nSPS) is 11.3. The average Bonchev–Trinajstić information content (AvgIpc) is 3.94. The van der Waals surface area contributed by atoms with Crippen molar-refractivity contribution in [3.63, 3.8) is 0 Å². The molecular formula is C56H68N4O2+2. The Morgan fingerprint density at radius 2 is 0.694 bits per heavy atom. The van der Waals surface area contributed by atoms with Gasteiger partial charge in [0.1, 0.15) is 36.3 Å². The van der Waals surface area contributed by atoms with Crippen molar-refractivity contribution >= 4 is 0 Å². The molecule has 0 N–H and O–H groups in total. The first-order valence-corrected chi connectivity index (χ1v) is 23.4. The van der Waals surface area contributed by atoms with Crippen LogP contribution in [-0.2, 0) is 27.2 Å². The Hall–Kier alpha value is -5.88. The molecule has 0 saturated heterocycles. The van der Waals surface area contributed by atoms with Gasteiger partial charge in [0.2, 0.25) is 12.7 Å². The Labute approximate surface area is 371 Å². The van der Waals surface area contributed by atoms with Crippen molar-refractivity contribution in [3.05, 3.63) is 159 Å². The maximum absolute atomic E-state index is 6.77. The van der Waals surface area contributed by atoms with Gasteiger partial charge in [0.15, 0.2) is 0 Å². The maximum Gasteiger partial charge on any atom is 0.243 e. The number of rotatable bonds is 26. The highest BCUT2D eigenvalue weighted by atomic mass is 16.5. The first-order valence-electron chi connectivity index (χ1n) is 23.4. The van der Waals surface area contributed by atoms with Gasteiger partial charge in [0, 0.05) is 11.1 Å². The van der Waals surface area contributed by atoms with Crippen molar-refractivity contribution in [2.45, 2.75) is 103 Å². The SMILES string of the molecule is C[n+]1ccn(CCCCCCCCCOc2cc(-c3ccc(-c4ccccc4)cc3)c(OCCCCCCCCCn3cc[n+](C)c3)cc2-c2ccc(-c3ccccc3)cc2)c1. The molecule has 7 rings (SSSR count). The summed E-state index contributed by atoms with van der Waals surface area (Å²) in [5.74, 6) is 1.83. The van der Waals surface area contributed by atoms with Crippen molar-refractivity contribution in [2.24, 2.45) is 14.1 Å². The first-order chi connectivity index (χ1) is 30.6. The Bertz CT molecular complexity index is 2160. The fraction of sp³-hybridized carbons (Fsp3) is 0.357. The lowest BCUT2D eigenvalue weighted by atomic mass is 9.95. The molecule has 0 amide bonds. The van der Waals surface area contributed by atoms with Gasteiger partial charge in [0.25, 0.3) is 0 Å². The number of aromatic nitrogens is 4. The van der Waals surface area contributed by atoms with E-state index in [1.165, 1.54) is 99.3 Å². The number of imidazole rings is 2. The molecule has 322 valence electrons. The van der Waals surface area contributed by atoms with E-state index in [0.29, 0.717) is 13.2 Å². The molecule has 0 aliphatic heterocycles. The van der Waals surface area contributed by atoms with Gasteiger partial charge in [-0.05, 0) is 84.0 Å². The summed E-state index contributed by atoms with van der Waals surface area (Å²) in [5, 5.41) is 0. The largest absolute Gasteiger partial charge is 0.493 e. The standard InChI is InChI=1S/C56H68N4O2/c1-57-37-39-59(45-57)35-19-9-5-3-7-11-21-41-61-55-43-54(52-33-29-50(30-34-52)48-25-17-14-18-26-48)56(44-53(55)51-31-27-49(28-32-51)47-23-15-13-16-24-47)62-42-22-12-8-4-6-10-20-36-60-40-38-58(2)46-60/h13-18,23-34,37-40,43-46H,3-12,19-22,35-36,41-42H2,1-2H3/q+2. The van der Waals surface area contributed by atoms with Gasteiger partial charge in [-0.3, -0.25) is 0 Å². The Kier molecular flexibility index (Phi) is 17.1. The second-order valence-electron chi connectivity index (χ2n) is 17.0. The summed E-state index contributed by atoms with van der Waals surface area (Å²) in [5.41, 5.74) is 9.27. The molecule has 0 spiro atoms. The van der Waals surface area contributed by atoms with Gasteiger partial charge in [-0.1, -0.05) is 161 Å². The molecular weight excluding hydrogens is 761 g/mol. The quantitative estimate of drug-likeness (QED) is 0.0403. The third-order valence-corrected chi connectivity index (χ3v) is 12.0. The maximum atomic E-state index is 6.77. The van der Waals surface area contributed by atoms with Crippen LogP contribution in [0.1, 0.15) is 89.9 Å². The highest BCUT2D eigenvalue weighted by Crippen LogP contribution is 2.42. The minimum Gasteiger partial charge on any atom is -0.493 e. The van der Waals surface area contributed by atoms with E-state index >= 15 is 0 Å². The number of benzene rings is 5. The highest BCUT2D eigenvalue weighted by Gasteiger charge is 2.17. The Morgan fingerprint density at radius 1 is 0.371 bits per heavy atom. The first kappa shape index (κ1) is 44.2. The number of aryl methyl sites for hydroxylation is 4. The van der Waals surface area contributed by atoms with Crippen LogP contribution in [0.4, 0.5) is 0 Å². The van der Waals surface area contributed by atoms with E-state index in [2.05, 4.69) is 191 Å². The summed E-state index contributed by atoms with van der Waals surface area (Å²) in [6.07, 6.45) is 30.0. The Morgan fingerprint density at radius 3 is 1.05 bits per heavy atom. The topological polar surface area (TPSA) is 36.1 Å².